The molecule has 8 nitrogen and oxygen atoms in total. The molecule has 1 N–H and O–H groups in total. The van der Waals surface area contributed by atoms with Gasteiger partial charge < -0.3 is 28.8 Å². The van der Waals surface area contributed by atoms with Crippen LogP contribution in [0.15, 0.2) is 71.8 Å². The van der Waals surface area contributed by atoms with Gasteiger partial charge in [-0.3, -0.25) is 5.01 Å². The highest BCUT2D eigenvalue weighted by Crippen LogP contribution is 2.49. The molecule has 0 radical (unpaired) electrons. The molecule has 0 bridgehead atoms. The van der Waals surface area contributed by atoms with Crippen molar-refractivity contribution in [2.75, 3.05) is 40.6 Å². The first-order valence-corrected chi connectivity index (χ1v) is 12.1. The van der Waals surface area contributed by atoms with Crippen molar-refractivity contribution >= 4 is 22.2 Å². The monoisotopic (exact) mass is 514 g/mol. The second kappa shape index (κ2) is 10.4. The minimum atomic E-state index is -0.298. The molecular formula is C30H30N2O6. The maximum Gasteiger partial charge on any atom is 0.203 e. The number of ether oxygens (including phenoxy) is 5. The maximum absolute atomic E-state index is 11.2. The molecule has 1 atom stereocenters. The number of hydrogen-bond acceptors (Lipinski definition) is 8. The predicted molar refractivity (Wildman–Crippen MR) is 148 cm³/mol. The van der Waals surface area contributed by atoms with Crippen LogP contribution in [0, 0.1) is 0 Å². The lowest BCUT2D eigenvalue weighted by molar-refractivity contribution is 0.320. The molecule has 38 heavy (non-hydrogen) atoms. The van der Waals surface area contributed by atoms with E-state index in [1.807, 2.05) is 71.7 Å². The van der Waals surface area contributed by atoms with Gasteiger partial charge in [-0.2, -0.15) is 5.10 Å². The Hall–Kier alpha value is -4.59. The van der Waals surface area contributed by atoms with Crippen LogP contribution >= 0.6 is 0 Å². The highest BCUT2D eigenvalue weighted by atomic mass is 16.5. The van der Waals surface area contributed by atoms with Gasteiger partial charge in [-0.1, -0.05) is 30.3 Å². The second-order valence-electron chi connectivity index (χ2n) is 8.76. The molecule has 0 saturated carbocycles. The zero-order valence-electron chi connectivity index (χ0n) is 22.0. The number of benzene rings is 4. The summed E-state index contributed by atoms with van der Waals surface area (Å²) in [5.74, 6) is 3.07. The van der Waals surface area contributed by atoms with Gasteiger partial charge in [0.25, 0.3) is 0 Å². The Morgan fingerprint density at radius 3 is 2.24 bits per heavy atom. The summed E-state index contributed by atoms with van der Waals surface area (Å²) in [6.45, 7) is 0. The number of anilines is 1. The van der Waals surface area contributed by atoms with Gasteiger partial charge in [0.15, 0.2) is 11.5 Å². The highest BCUT2D eigenvalue weighted by Gasteiger charge is 2.36. The van der Waals surface area contributed by atoms with Gasteiger partial charge in [-0.05, 0) is 35.7 Å². The third-order valence-electron chi connectivity index (χ3n) is 6.85. The molecule has 0 spiro atoms. The minimum absolute atomic E-state index is 0.198. The number of phenolic OH excluding ortho intramolecular Hbond substituents is 1. The molecule has 0 aliphatic carbocycles. The third kappa shape index (κ3) is 4.18. The van der Waals surface area contributed by atoms with Gasteiger partial charge in [-0.15, -0.1) is 0 Å². The zero-order chi connectivity index (χ0) is 26.8. The first-order chi connectivity index (χ1) is 18.5. The molecule has 1 heterocycles. The van der Waals surface area contributed by atoms with E-state index in [-0.39, 0.29) is 11.8 Å². The Morgan fingerprint density at radius 2 is 1.53 bits per heavy atom. The lowest BCUT2D eigenvalue weighted by Gasteiger charge is -2.27. The summed E-state index contributed by atoms with van der Waals surface area (Å²) in [5.41, 5.74) is 2.99. The summed E-state index contributed by atoms with van der Waals surface area (Å²) in [5, 5.41) is 19.9. The van der Waals surface area contributed by atoms with E-state index in [1.165, 1.54) is 0 Å². The van der Waals surface area contributed by atoms with E-state index >= 15 is 0 Å². The van der Waals surface area contributed by atoms with Crippen molar-refractivity contribution in [3.05, 3.63) is 77.9 Å². The molecule has 1 aliphatic rings. The van der Waals surface area contributed by atoms with Crippen molar-refractivity contribution in [3.8, 4) is 34.5 Å². The fourth-order valence-electron chi connectivity index (χ4n) is 4.99. The van der Waals surface area contributed by atoms with Gasteiger partial charge in [0.1, 0.15) is 22.9 Å². The number of hydrogen-bond donors (Lipinski definition) is 1. The van der Waals surface area contributed by atoms with Crippen LogP contribution in [-0.2, 0) is 0 Å². The smallest absolute Gasteiger partial charge is 0.203 e. The van der Waals surface area contributed by atoms with E-state index < -0.39 is 0 Å². The van der Waals surface area contributed by atoms with Crippen LogP contribution in [0.1, 0.15) is 23.6 Å². The summed E-state index contributed by atoms with van der Waals surface area (Å²) in [4.78, 5) is 0. The van der Waals surface area contributed by atoms with Crippen molar-refractivity contribution in [1.29, 1.82) is 0 Å². The van der Waals surface area contributed by atoms with Gasteiger partial charge in [-0.25, -0.2) is 0 Å². The van der Waals surface area contributed by atoms with Crippen molar-refractivity contribution in [2.24, 2.45) is 5.10 Å². The normalized spacial score (nSPS) is 14.8. The zero-order valence-corrected chi connectivity index (χ0v) is 22.0. The first-order valence-electron chi connectivity index (χ1n) is 12.1. The summed E-state index contributed by atoms with van der Waals surface area (Å²) >= 11 is 0. The Balaban J connectivity index is 1.69. The SMILES string of the molecule is COc1ccc(N2N=C(c3ccc4ccccc4c3O)CC2c2ccc(OC)c(OC)c2OC)c(OC)c1. The van der Waals surface area contributed by atoms with Gasteiger partial charge >= 0.3 is 0 Å². The molecule has 1 unspecified atom stereocenters. The molecular weight excluding hydrogens is 484 g/mol. The Labute approximate surface area is 221 Å². The van der Waals surface area contributed by atoms with E-state index in [1.54, 1.807) is 35.5 Å². The molecule has 1 aliphatic heterocycles. The fraction of sp³-hybridized carbons (Fsp3) is 0.233. The summed E-state index contributed by atoms with van der Waals surface area (Å²) < 4.78 is 28.1. The Morgan fingerprint density at radius 1 is 0.763 bits per heavy atom. The van der Waals surface area contributed by atoms with E-state index in [2.05, 4.69) is 0 Å². The summed E-state index contributed by atoms with van der Waals surface area (Å²) in [7, 11) is 7.99. The second-order valence-corrected chi connectivity index (χ2v) is 8.76. The molecule has 196 valence electrons. The van der Waals surface area contributed by atoms with Crippen molar-refractivity contribution < 1.29 is 28.8 Å². The van der Waals surface area contributed by atoms with Gasteiger partial charge in [0, 0.05) is 29.0 Å². The third-order valence-corrected chi connectivity index (χ3v) is 6.85. The van der Waals surface area contributed by atoms with Crippen LogP contribution < -0.4 is 28.7 Å². The van der Waals surface area contributed by atoms with Crippen molar-refractivity contribution in [3.63, 3.8) is 0 Å². The number of hydrazone groups is 1. The number of rotatable bonds is 8. The average molecular weight is 515 g/mol. The lowest BCUT2D eigenvalue weighted by atomic mass is 9.95. The van der Waals surface area contributed by atoms with Gasteiger partial charge in [0.05, 0.1) is 47.3 Å². The number of phenols is 1. The average Bonchev–Trinajstić information content (AvgIpc) is 3.40. The predicted octanol–water partition coefficient (Wildman–Crippen LogP) is 5.94. The molecule has 0 aromatic heterocycles. The standard InChI is InChI=1S/C30H30N2O6/c1-34-19-11-14-24(27(16-19)36-3)32-25(22-13-15-26(35-2)30(38-5)29(22)37-4)17-23(31-32)21-12-10-18-8-6-7-9-20(18)28(21)33/h6-16,25,33H,17H2,1-5H3. The summed E-state index contributed by atoms with van der Waals surface area (Å²) in [6, 6.07) is 20.7. The van der Waals surface area contributed by atoms with Crippen LogP contribution in [-0.4, -0.2) is 46.4 Å². The Kier molecular flexibility index (Phi) is 6.87. The van der Waals surface area contributed by atoms with Crippen molar-refractivity contribution in [2.45, 2.75) is 12.5 Å². The van der Waals surface area contributed by atoms with Gasteiger partial charge in [0.2, 0.25) is 5.75 Å². The van der Waals surface area contributed by atoms with E-state index in [0.717, 1.165) is 27.7 Å². The largest absolute Gasteiger partial charge is 0.507 e. The molecule has 0 saturated heterocycles. The number of aromatic hydroxyl groups is 1. The highest BCUT2D eigenvalue weighted by molar-refractivity contribution is 6.09. The van der Waals surface area contributed by atoms with Crippen LogP contribution in [0.2, 0.25) is 0 Å². The van der Waals surface area contributed by atoms with E-state index in [9.17, 15) is 5.11 Å². The molecule has 0 fully saturated rings. The Bertz CT molecular complexity index is 1520. The molecule has 5 rings (SSSR count). The van der Waals surface area contributed by atoms with Crippen LogP contribution in [0.5, 0.6) is 34.5 Å². The maximum atomic E-state index is 11.2. The van der Waals surface area contributed by atoms with Crippen LogP contribution in [0.25, 0.3) is 10.8 Å². The number of fused-ring (bicyclic) bond motifs is 1. The fourth-order valence-corrected chi connectivity index (χ4v) is 4.99. The minimum Gasteiger partial charge on any atom is -0.507 e. The lowest BCUT2D eigenvalue weighted by Crippen LogP contribution is -2.20. The number of nitrogens with zero attached hydrogens (tertiary/aromatic N) is 2. The molecule has 4 aromatic rings. The molecule has 0 amide bonds. The quantitative estimate of drug-likeness (QED) is 0.311. The van der Waals surface area contributed by atoms with E-state index in [0.29, 0.717) is 40.7 Å². The number of methoxy groups -OCH3 is 5. The first kappa shape index (κ1) is 25.1. The topological polar surface area (TPSA) is 82.0 Å². The van der Waals surface area contributed by atoms with E-state index in [4.69, 9.17) is 28.8 Å². The van der Waals surface area contributed by atoms with Crippen LogP contribution in [0.3, 0.4) is 0 Å². The van der Waals surface area contributed by atoms with Crippen LogP contribution in [0.4, 0.5) is 5.69 Å². The van der Waals surface area contributed by atoms with Crippen molar-refractivity contribution in [1.82, 2.24) is 0 Å². The summed E-state index contributed by atoms with van der Waals surface area (Å²) in [6.07, 6.45) is 0.493. The molecule has 8 heteroatoms. The molecule has 4 aromatic carbocycles.